The molecule has 2 aromatic heterocycles. The van der Waals surface area contributed by atoms with Crippen molar-refractivity contribution < 1.29 is 14.2 Å². The molecule has 186 valence electrons. The summed E-state index contributed by atoms with van der Waals surface area (Å²) in [5.41, 5.74) is 5.71. The van der Waals surface area contributed by atoms with Crippen molar-refractivity contribution in [1.29, 1.82) is 0 Å². The Morgan fingerprint density at radius 2 is 1.66 bits per heavy atom. The Balaban J connectivity index is 1.54. The fraction of sp³-hybridized carbons (Fsp3) is 0.129. The highest BCUT2D eigenvalue weighted by molar-refractivity contribution is 5.91. The Morgan fingerprint density at radius 3 is 2.50 bits per heavy atom. The number of nitrogens with zero attached hydrogens (tertiary/aromatic N) is 4. The normalized spacial score (nSPS) is 14.1. The predicted octanol–water partition coefficient (Wildman–Crippen LogP) is 6.56. The average Bonchev–Trinajstić information content (AvgIpc) is 3.40. The molecule has 0 saturated carbocycles. The molecule has 0 bridgehead atoms. The van der Waals surface area contributed by atoms with Crippen LogP contribution in [0.15, 0.2) is 85.2 Å². The number of rotatable bonds is 4. The highest BCUT2D eigenvalue weighted by Crippen LogP contribution is 2.51. The molecule has 1 aliphatic heterocycles. The zero-order valence-electron chi connectivity index (χ0n) is 21.2. The first-order chi connectivity index (χ1) is 18.7. The van der Waals surface area contributed by atoms with Crippen LogP contribution in [0.5, 0.6) is 23.1 Å². The van der Waals surface area contributed by atoms with Gasteiger partial charge in [0.05, 0.1) is 19.8 Å². The smallest absolute Gasteiger partial charge is 0.228 e. The van der Waals surface area contributed by atoms with E-state index in [-0.39, 0.29) is 5.92 Å². The number of ether oxygens (including phenoxy) is 3. The van der Waals surface area contributed by atoms with Gasteiger partial charge in [-0.2, -0.15) is 0 Å². The third-order valence-corrected chi connectivity index (χ3v) is 7.23. The Labute approximate surface area is 219 Å². The van der Waals surface area contributed by atoms with E-state index in [9.17, 15) is 0 Å². The number of methoxy groups -OCH3 is 2. The fourth-order valence-electron chi connectivity index (χ4n) is 5.41. The van der Waals surface area contributed by atoms with Crippen LogP contribution in [0.4, 0.5) is 0 Å². The largest absolute Gasteiger partial charge is 0.493 e. The Morgan fingerprint density at radius 1 is 0.842 bits per heavy atom. The van der Waals surface area contributed by atoms with E-state index >= 15 is 0 Å². The molecule has 0 amide bonds. The lowest BCUT2D eigenvalue weighted by atomic mass is 9.81. The van der Waals surface area contributed by atoms with Gasteiger partial charge in [-0.15, -0.1) is 5.10 Å². The number of hydrogen-bond donors (Lipinski definition) is 0. The molecule has 4 aromatic carbocycles. The van der Waals surface area contributed by atoms with Gasteiger partial charge in [0, 0.05) is 17.0 Å². The summed E-state index contributed by atoms with van der Waals surface area (Å²) in [6.45, 7) is 2.06. The summed E-state index contributed by atoms with van der Waals surface area (Å²) in [6.07, 6.45) is 1.67. The van der Waals surface area contributed by atoms with Crippen LogP contribution in [-0.4, -0.2) is 33.8 Å². The van der Waals surface area contributed by atoms with Gasteiger partial charge in [-0.05, 0) is 47.0 Å². The van der Waals surface area contributed by atoms with Gasteiger partial charge in [0.2, 0.25) is 5.88 Å². The van der Waals surface area contributed by atoms with E-state index < -0.39 is 0 Å². The summed E-state index contributed by atoms with van der Waals surface area (Å²) in [6, 6.07) is 26.6. The molecule has 7 nitrogen and oxygen atoms in total. The topological polar surface area (TPSA) is 70.8 Å². The van der Waals surface area contributed by atoms with Gasteiger partial charge < -0.3 is 14.2 Å². The molecule has 6 aromatic rings. The molecule has 1 atom stereocenters. The Bertz CT molecular complexity index is 1860. The quantitative estimate of drug-likeness (QED) is 0.273. The minimum Gasteiger partial charge on any atom is -0.493 e. The van der Waals surface area contributed by atoms with Gasteiger partial charge in [-0.1, -0.05) is 60.7 Å². The number of benzene rings is 4. The van der Waals surface area contributed by atoms with Crippen LogP contribution < -0.4 is 14.2 Å². The average molecular weight is 501 g/mol. The highest BCUT2D eigenvalue weighted by atomic mass is 16.5. The standard InChI is InChI=1S/C31H24N4O3/c1-18-8-4-6-10-21(18)29-33-30-28-26(20-13-14-23(36-2)25(16-20)37-3)27-22-11-7-5-9-19(22)12-15-24(27)38-31(28)32-17-35(30)34-29/h4-17,26H,1-3H3. The van der Waals surface area contributed by atoms with Crippen LogP contribution in [0.2, 0.25) is 0 Å². The van der Waals surface area contributed by atoms with Crippen LogP contribution in [0, 0.1) is 6.92 Å². The van der Waals surface area contributed by atoms with E-state index in [2.05, 4.69) is 43.3 Å². The summed E-state index contributed by atoms with van der Waals surface area (Å²) < 4.78 is 19.4. The first-order valence-corrected chi connectivity index (χ1v) is 12.4. The lowest BCUT2D eigenvalue weighted by Crippen LogP contribution is -2.15. The van der Waals surface area contributed by atoms with Gasteiger partial charge in [0.15, 0.2) is 23.0 Å². The van der Waals surface area contributed by atoms with Crippen molar-refractivity contribution >= 4 is 16.4 Å². The van der Waals surface area contributed by atoms with Crippen molar-refractivity contribution in [3.63, 3.8) is 0 Å². The third kappa shape index (κ3) is 3.32. The summed E-state index contributed by atoms with van der Waals surface area (Å²) in [5.74, 6) is 3.03. The van der Waals surface area contributed by atoms with Gasteiger partial charge >= 0.3 is 0 Å². The van der Waals surface area contributed by atoms with E-state index in [0.29, 0.717) is 28.9 Å². The molecule has 0 spiro atoms. The zero-order chi connectivity index (χ0) is 25.8. The van der Waals surface area contributed by atoms with Crippen LogP contribution in [0.25, 0.3) is 27.8 Å². The number of fused-ring (bicyclic) bond motifs is 6. The maximum absolute atomic E-state index is 6.44. The molecule has 1 aliphatic rings. The molecule has 0 radical (unpaired) electrons. The second-order valence-electron chi connectivity index (χ2n) is 9.33. The van der Waals surface area contributed by atoms with E-state index in [1.807, 2.05) is 42.5 Å². The SMILES string of the molecule is COc1ccc(C2c3c(ccc4ccccc34)Oc3ncn4nc(-c5ccccc5C)nc4c32)cc1OC. The summed E-state index contributed by atoms with van der Waals surface area (Å²) in [5, 5.41) is 7.04. The lowest BCUT2D eigenvalue weighted by Gasteiger charge is -2.29. The molecule has 0 saturated heterocycles. The van der Waals surface area contributed by atoms with E-state index in [0.717, 1.165) is 44.3 Å². The first-order valence-electron chi connectivity index (χ1n) is 12.4. The molecule has 0 fully saturated rings. The minimum atomic E-state index is -0.232. The lowest BCUT2D eigenvalue weighted by molar-refractivity contribution is 0.354. The monoisotopic (exact) mass is 500 g/mol. The van der Waals surface area contributed by atoms with Gasteiger partial charge in [-0.25, -0.2) is 14.5 Å². The molecule has 3 heterocycles. The molecule has 7 heteroatoms. The summed E-state index contributed by atoms with van der Waals surface area (Å²) >= 11 is 0. The van der Waals surface area contributed by atoms with Crippen molar-refractivity contribution in [3.8, 4) is 34.5 Å². The van der Waals surface area contributed by atoms with Crippen molar-refractivity contribution in [2.24, 2.45) is 0 Å². The molecule has 1 unspecified atom stereocenters. The predicted molar refractivity (Wildman–Crippen MR) is 145 cm³/mol. The summed E-state index contributed by atoms with van der Waals surface area (Å²) in [7, 11) is 3.29. The highest BCUT2D eigenvalue weighted by Gasteiger charge is 2.35. The van der Waals surface area contributed by atoms with Crippen LogP contribution >= 0.6 is 0 Å². The summed E-state index contributed by atoms with van der Waals surface area (Å²) in [4.78, 5) is 9.73. The molecular weight excluding hydrogens is 476 g/mol. The minimum absolute atomic E-state index is 0.232. The number of aryl methyl sites for hydroxylation is 1. The second kappa shape index (κ2) is 8.59. The van der Waals surface area contributed by atoms with Crippen molar-refractivity contribution in [1.82, 2.24) is 19.6 Å². The van der Waals surface area contributed by atoms with Gasteiger partial charge in [0.25, 0.3) is 0 Å². The molecule has 38 heavy (non-hydrogen) atoms. The van der Waals surface area contributed by atoms with Crippen molar-refractivity contribution in [2.45, 2.75) is 12.8 Å². The fourth-order valence-corrected chi connectivity index (χ4v) is 5.41. The van der Waals surface area contributed by atoms with E-state index in [1.165, 1.54) is 0 Å². The van der Waals surface area contributed by atoms with Gasteiger partial charge in [-0.3, -0.25) is 0 Å². The zero-order valence-corrected chi connectivity index (χ0v) is 21.2. The second-order valence-corrected chi connectivity index (χ2v) is 9.33. The number of hydrogen-bond acceptors (Lipinski definition) is 6. The molecule has 0 N–H and O–H groups in total. The maximum atomic E-state index is 6.44. The van der Waals surface area contributed by atoms with Crippen LogP contribution in [0.3, 0.4) is 0 Å². The van der Waals surface area contributed by atoms with Crippen LogP contribution in [0.1, 0.15) is 28.2 Å². The van der Waals surface area contributed by atoms with Gasteiger partial charge in [0.1, 0.15) is 12.1 Å². The maximum Gasteiger partial charge on any atom is 0.228 e. The third-order valence-electron chi connectivity index (χ3n) is 7.23. The number of aromatic nitrogens is 4. The Kier molecular flexibility index (Phi) is 5.04. The molecule has 0 aliphatic carbocycles. The first kappa shape index (κ1) is 22.3. The van der Waals surface area contributed by atoms with Crippen molar-refractivity contribution in [2.75, 3.05) is 14.2 Å². The Hall–Kier alpha value is -4.91. The molecular formula is C31H24N4O3. The van der Waals surface area contributed by atoms with E-state index in [1.54, 1.807) is 25.1 Å². The van der Waals surface area contributed by atoms with Crippen LogP contribution in [-0.2, 0) is 0 Å². The van der Waals surface area contributed by atoms with Crippen molar-refractivity contribution in [3.05, 3.63) is 107 Å². The van der Waals surface area contributed by atoms with E-state index in [4.69, 9.17) is 29.3 Å². The molecule has 7 rings (SSSR count).